The lowest BCUT2D eigenvalue weighted by Gasteiger charge is -2.00. The summed E-state index contributed by atoms with van der Waals surface area (Å²) in [4.78, 5) is 0. The summed E-state index contributed by atoms with van der Waals surface area (Å²) in [7, 11) is 2.06. The minimum Gasteiger partial charge on any atom is -0.382 e. The van der Waals surface area contributed by atoms with Crippen molar-refractivity contribution in [2.45, 2.75) is 0 Å². The van der Waals surface area contributed by atoms with Crippen LogP contribution in [0.2, 0.25) is 0 Å². The molecule has 2 rings (SSSR count). The largest absolute Gasteiger partial charge is 0.382 e. The Bertz CT molecular complexity index is 434. The lowest BCUT2D eigenvalue weighted by atomic mass is 10.2. The molecule has 0 radical (unpaired) electrons. The number of fused-ring (bicyclic) bond motifs is 1. The van der Waals surface area contributed by atoms with Crippen LogP contribution in [-0.2, 0) is 7.05 Å². The van der Waals surface area contributed by atoms with E-state index in [9.17, 15) is 0 Å². The zero-order chi connectivity index (χ0) is 9.97. The lowest BCUT2D eigenvalue weighted by Crippen LogP contribution is -2.01. The fourth-order valence-corrected chi connectivity index (χ4v) is 1.78. The Morgan fingerprint density at radius 2 is 2.14 bits per heavy atom. The van der Waals surface area contributed by atoms with Crippen molar-refractivity contribution in [1.82, 2.24) is 4.57 Å². The van der Waals surface area contributed by atoms with Gasteiger partial charge in [0.1, 0.15) is 0 Å². The molecule has 0 fully saturated rings. The van der Waals surface area contributed by atoms with Crippen molar-refractivity contribution in [3.63, 3.8) is 0 Å². The zero-order valence-electron chi connectivity index (χ0n) is 8.20. The molecule has 0 atom stereocenters. The van der Waals surface area contributed by atoms with Gasteiger partial charge in [0.2, 0.25) is 0 Å². The van der Waals surface area contributed by atoms with Crippen molar-refractivity contribution in [3.05, 3.63) is 30.5 Å². The lowest BCUT2D eigenvalue weighted by molar-refractivity contribution is 0.968. The van der Waals surface area contributed by atoms with E-state index in [0.717, 1.165) is 12.3 Å². The number of benzene rings is 1. The van der Waals surface area contributed by atoms with Crippen molar-refractivity contribution >= 4 is 29.2 Å². The zero-order valence-corrected chi connectivity index (χ0v) is 9.09. The summed E-state index contributed by atoms with van der Waals surface area (Å²) < 4.78 is 2.14. The molecule has 14 heavy (non-hydrogen) atoms. The van der Waals surface area contributed by atoms with Crippen LogP contribution in [0.4, 0.5) is 5.69 Å². The number of nitrogens with one attached hydrogen (secondary N) is 1. The van der Waals surface area contributed by atoms with Gasteiger partial charge in [-0.15, -0.1) is 0 Å². The van der Waals surface area contributed by atoms with Gasteiger partial charge in [0, 0.05) is 36.4 Å². The van der Waals surface area contributed by atoms with Gasteiger partial charge < -0.3 is 9.88 Å². The highest BCUT2D eigenvalue weighted by atomic mass is 32.1. The molecule has 0 unspecified atom stereocenters. The summed E-state index contributed by atoms with van der Waals surface area (Å²) in [5.74, 6) is 0.850. The number of hydrogen-bond acceptors (Lipinski definition) is 2. The fourth-order valence-electron chi connectivity index (χ4n) is 1.67. The molecule has 0 bridgehead atoms. The number of aryl methyl sites for hydroxylation is 1. The first-order valence-corrected chi connectivity index (χ1v) is 5.35. The highest BCUT2D eigenvalue weighted by molar-refractivity contribution is 7.80. The summed E-state index contributed by atoms with van der Waals surface area (Å²) in [6.07, 6.45) is 2.12. The van der Waals surface area contributed by atoms with Gasteiger partial charge in [-0.3, -0.25) is 0 Å². The maximum absolute atomic E-state index is 4.18. The van der Waals surface area contributed by atoms with Gasteiger partial charge in [-0.25, -0.2) is 0 Å². The van der Waals surface area contributed by atoms with Crippen LogP contribution in [0.3, 0.4) is 0 Å². The topological polar surface area (TPSA) is 17.0 Å². The first-order chi connectivity index (χ1) is 6.83. The molecule has 0 amide bonds. The molecule has 2 aromatic rings. The van der Waals surface area contributed by atoms with Gasteiger partial charge in [0.15, 0.2) is 0 Å². The number of thiol groups is 1. The third-order valence-electron chi connectivity index (χ3n) is 2.32. The van der Waals surface area contributed by atoms with E-state index in [4.69, 9.17) is 0 Å². The van der Waals surface area contributed by atoms with Gasteiger partial charge in [-0.2, -0.15) is 12.6 Å². The molecule has 0 saturated carbocycles. The van der Waals surface area contributed by atoms with E-state index in [1.165, 1.54) is 16.6 Å². The molecule has 0 saturated heterocycles. The Kier molecular flexibility index (Phi) is 2.68. The standard InChI is InChI=1S/C11H14N2S/c1-13-8-10(12-6-7-14)9-4-2-3-5-11(9)13/h2-5,8,12,14H,6-7H2,1H3. The average Bonchev–Trinajstić information content (AvgIpc) is 2.54. The Labute approximate surface area is 89.3 Å². The van der Waals surface area contributed by atoms with Crippen LogP contribution in [0.1, 0.15) is 0 Å². The Morgan fingerprint density at radius 3 is 2.93 bits per heavy atom. The quantitative estimate of drug-likeness (QED) is 0.738. The van der Waals surface area contributed by atoms with Crippen molar-refractivity contribution < 1.29 is 0 Å². The van der Waals surface area contributed by atoms with Gasteiger partial charge in [-0.05, 0) is 6.07 Å². The van der Waals surface area contributed by atoms with Crippen LogP contribution in [-0.4, -0.2) is 16.9 Å². The van der Waals surface area contributed by atoms with Crippen LogP contribution in [0.5, 0.6) is 0 Å². The molecule has 1 heterocycles. The number of hydrogen-bond donors (Lipinski definition) is 2. The molecule has 2 nitrogen and oxygen atoms in total. The van der Waals surface area contributed by atoms with Crippen LogP contribution >= 0.6 is 12.6 Å². The molecule has 0 aliphatic carbocycles. The first kappa shape index (κ1) is 9.46. The van der Waals surface area contributed by atoms with E-state index in [1.54, 1.807) is 0 Å². The number of rotatable bonds is 3. The van der Waals surface area contributed by atoms with E-state index in [1.807, 2.05) is 0 Å². The smallest absolute Gasteiger partial charge is 0.0600 e. The molecule has 1 N–H and O–H groups in total. The minimum absolute atomic E-state index is 0.850. The van der Waals surface area contributed by atoms with Crippen LogP contribution < -0.4 is 5.32 Å². The van der Waals surface area contributed by atoms with Crippen molar-refractivity contribution in [1.29, 1.82) is 0 Å². The third-order valence-corrected chi connectivity index (χ3v) is 2.55. The molecule has 0 aliphatic heterocycles. The SMILES string of the molecule is Cn1cc(NCCS)c2ccccc21. The van der Waals surface area contributed by atoms with Crippen molar-refractivity contribution in [3.8, 4) is 0 Å². The van der Waals surface area contributed by atoms with Crippen LogP contribution in [0.15, 0.2) is 30.5 Å². The van der Waals surface area contributed by atoms with Gasteiger partial charge >= 0.3 is 0 Å². The highest BCUT2D eigenvalue weighted by Crippen LogP contribution is 2.24. The molecule has 3 heteroatoms. The van der Waals surface area contributed by atoms with E-state index in [0.29, 0.717) is 0 Å². The first-order valence-electron chi connectivity index (χ1n) is 4.71. The second kappa shape index (κ2) is 3.96. The fraction of sp³-hybridized carbons (Fsp3) is 0.273. The maximum atomic E-state index is 4.18. The van der Waals surface area contributed by atoms with Gasteiger partial charge in [0.25, 0.3) is 0 Å². The Morgan fingerprint density at radius 1 is 1.36 bits per heavy atom. The summed E-state index contributed by atoms with van der Waals surface area (Å²) in [6.45, 7) is 0.900. The van der Waals surface area contributed by atoms with Gasteiger partial charge in [0.05, 0.1) is 5.69 Å². The van der Waals surface area contributed by atoms with Crippen molar-refractivity contribution in [2.24, 2.45) is 7.05 Å². The summed E-state index contributed by atoms with van der Waals surface area (Å²) in [5, 5.41) is 4.64. The van der Waals surface area contributed by atoms with Crippen LogP contribution in [0, 0.1) is 0 Å². The molecule has 74 valence electrons. The third kappa shape index (κ3) is 1.60. The molecular formula is C11H14N2S. The molecule has 1 aromatic heterocycles. The predicted molar refractivity (Wildman–Crippen MR) is 65.3 cm³/mol. The van der Waals surface area contributed by atoms with E-state index < -0.39 is 0 Å². The number of anilines is 1. The molecular weight excluding hydrogens is 192 g/mol. The van der Waals surface area contributed by atoms with Crippen molar-refractivity contribution in [2.75, 3.05) is 17.6 Å². The normalized spacial score (nSPS) is 10.7. The highest BCUT2D eigenvalue weighted by Gasteiger charge is 2.03. The summed E-state index contributed by atoms with van der Waals surface area (Å²) >= 11 is 4.18. The number of para-hydroxylation sites is 1. The van der Waals surface area contributed by atoms with E-state index in [2.05, 4.69) is 60.0 Å². The minimum atomic E-state index is 0.850. The second-order valence-corrected chi connectivity index (χ2v) is 3.77. The predicted octanol–water partition coefficient (Wildman–Crippen LogP) is 2.52. The molecule has 1 aromatic carbocycles. The monoisotopic (exact) mass is 206 g/mol. The summed E-state index contributed by atoms with van der Waals surface area (Å²) in [5.41, 5.74) is 2.45. The van der Waals surface area contributed by atoms with E-state index in [-0.39, 0.29) is 0 Å². The van der Waals surface area contributed by atoms with Gasteiger partial charge in [-0.1, -0.05) is 18.2 Å². The summed E-state index contributed by atoms with van der Waals surface area (Å²) in [6, 6.07) is 8.39. The van der Waals surface area contributed by atoms with Crippen LogP contribution in [0.25, 0.3) is 10.9 Å². The molecule has 0 aliphatic rings. The Hall–Kier alpha value is -1.09. The second-order valence-electron chi connectivity index (χ2n) is 3.32. The molecule has 0 spiro atoms. The number of aromatic nitrogens is 1. The number of nitrogens with zero attached hydrogens (tertiary/aromatic N) is 1. The maximum Gasteiger partial charge on any atom is 0.0600 e. The average molecular weight is 206 g/mol. The van der Waals surface area contributed by atoms with E-state index >= 15 is 0 Å². The Balaban J connectivity index is 2.44.